The van der Waals surface area contributed by atoms with Crippen LogP contribution in [0.4, 0.5) is 0 Å². The average molecular weight is 278 g/mol. The fraction of sp³-hybridized carbons (Fsp3) is 1.00. The average Bonchev–Trinajstić information content (AvgIpc) is 2.48. The zero-order chi connectivity index (χ0) is 14.0. The third-order valence-corrected chi connectivity index (χ3v) is 6.32. The Labute approximate surface area is 125 Å². The van der Waals surface area contributed by atoms with Crippen LogP contribution in [0.25, 0.3) is 0 Å². The van der Waals surface area contributed by atoms with Gasteiger partial charge in [-0.05, 0) is 37.5 Å². The summed E-state index contributed by atoms with van der Waals surface area (Å²) in [5.74, 6) is 1.81. The standard InChI is InChI=1S/C18H34N2/c1-15(2)16-8-4-5-9-17(16)20-13-12-19-18(14-20)10-6-3-7-11-18/h15-17,19H,3-14H2,1-2H3. The molecule has 2 saturated carbocycles. The third-order valence-electron chi connectivity index (χ3n) is 6.32. The fourth-order valence-electron chi connectivity index (χ4n) is 5.21. The Bertz CT molecular complexity index is 301. The number of nitrogens with one attached hydrogen (secondary N) is 1. The van der Waals surface area contributed by atoms with Crippen LogP contribution in [0.15, 0.2) is 0 Å². The van der Waals surface area contributed by atoms with E-state index in [1.54, 1.807) is 0 Å². The van der Waals surface area contributed by atoms with E-state index < -0.39 is 0 Å². The molecule has 2 unspecified atom stereocenters. The SMILES string of the molecule is CC(C)C1CCCCC1N1CCNC2(CCCCC2)C1. The lowest BCUT2D eigenvalue weighted by Gasteiger charge is -2.51. The lowest BCUT2D eigenvalue weighted by Crippen LogP contribution is -2.64. The van der Waals surface area contributed by atoms with Gasteiger partial charge in [-0.2, -0.15) is 0 Å². The maximum atomic E-state index is 3.91. The molecule has 3 fully saturated rings. The molecule has 0 radical (unpaired) electrons. The Morgan fingerprint density at radius 1 is 1.00 bits per heavy atom. The predicted octanol–water partition coefficient (Wildman–Crippen LogP) is 3.81. The van der Waals surface area contributed by atoms with Gasteiger partial charge in [0.25, 0.3) is 0 Å². The Balaban J connectivity index is 1.68. The van der Waals surface area contributed by atoms with Crippen LogP contribution >= 0.6 is 0 Å². The van der Waals surface area contributed by atoms with E-state index in [2.05, 4.69) is 24.1 Å². The maximum Gasteiger partial charge on any atom is 0.0309 e. The third kappa shape index (κ3) is 3.06. The summed E-state index contributed by atoms with van der Waals surface area (Å²) in [6, 6.07) is 0.879. The molecule has 1 saturated heterocycles. The van der Waals surface area contributed by atoms with Gasteiger partial charge in [-0.15, -0.1) is 0 Å². The van der Waals surface area contributed by atoms with E-state index in [1.165, 1.54) is 77.4 Å². The summed E-state index contributed by atoms with van der Waals surface area (Å²) in [5.41, 5.74) is 0.482. The summed E-state index contributed by atoms with van der Waals surface area (Å²) in [6.07, 6.45) is 13.0. The lowest BCUT2D eigenvalue weighted by atomic mass is 9.75. The second kappa shape index (κ2) is 6.36. The minimum absolute atomic E-state index is 0.482. The number of hydrogen-bond acceptors (Lipinski definition) is 2. The van der Waals surface area contributed by atoms with Gasteiger partial charge >= 0.3 is 0 Å². The Morgan fingerprint density at radius 2 is 1.75 bits per heavy atom. The van der Waals surface area contributed by atoms with Gasteiger partial charge < -0.3 is 5.32 Å². The minimum Gasteiger partial charge on any atom is -0.309 e. The van der Waals surface area contributed by atoms with Gasteiger partial charge in [0.05, 0.1) is 0 Å². The summed E-state index contributed by atoms with van der Waals surface area (Å²) in [6.45, 7) is 8.74. The van der Waals surface area contributed by atoms with Crippen molar-refractivity contribution in [3.05, 3.63) is 0 Å². The molecule has 1 spiro atoms. The normalized spacial score (nSPS) is 35.5. The lowest BCUT2D eigenvalue weighted by molar-refractivity contribution is 0.0176. The van der Waals surface area contributed by atoms with Crippen LogP contribution in [0.5, 0.6) is 0 Å². The predicted molar refractivity (Wildman–Crippen MR) is 86.0 cm³/mol. The highest BCUT2D eigenvalue weighted by Crippen LogP contribution is 2.37. The molecule has 1 heterocycles. The van der Waals surface area contributed by atoms with Crippen LogP contribution in [-0.4, -0.2) is 36.1 Å². The first kappa shape index (κ1) is 14.8. The maximum absolute atomic E-state index is 3.91. The van der Waals surface area contributed by atoms with Gasteiger partial charge in [0.1, 0.15) is 0 Å². The van der Waals surface area contributed by atoms with E-state index in [0.29, 0.717) is 5.54 Å². The summed E-state index contributed by atoms with van der Waals surface area (Å²) in [7, 11) is 0. The summed E-state index contributed by atoms with van der Waals surface area (Å²) >= 11 is 0. The summed E-state index contributed by atoms with van der Waals surface area (Å²) < 4.78 is 0. The molecule has 0 aromatic heterocycles. The molecule has 2 heteroatoms. The zero-order valence-electron chi connectivity index (χ0n) is 13.7. The van der Waals surface area contributed by atoms with E-state index in [1.807, 2.05) is 0 Å². The van der Waals surface area contributed by atoms with Crippen molar-refractivity contribution in [1.82, 2.24) is 10.2 Å². The molecule has 2 atom stereocenters. The Morgan fingerprint density at radius 3 is 2.50 bits per heavy atom. The molecule has 3 aliphatic rings. The van der Waals surface area contributed by atoms with E-state index in [9.17, 15) is 0 Å². The molecule has 0 aromatic rings. The highest BCUT2D eigenvalue weighted by Gasteiger charge is 2.40. The van der Waals surface area contributed by atoms with E-state index >= 15 is 0 Å². The Hall–Kier alpha value is -0.0800. The minimum atomic E-state index is 0.482. The van der Waals surface area contributed by atoms with Crippen LogP contribution in [0.1, 0.15) is 71.6 Å². The largest absolute Gasteiger partial charge is 0.309 e. The smallest absolute Gasteiger partial charge is 0.0309 e. The molecule has 0 amide bonds. The highest BCUT2D eigenvalue weighted by molar-refractivity contribution is 4.99. The van der Waals surface area contributed by atoms with Crippen molar-refractivity contribution in [1.29, 1.82) is 0 Å². The van der Waals surface area contributed by atoms with Crippen LogP contribution in [0, 0.1) is 11.8 Å². The van der Waals surface area contributed by atoms with Crippen LogP contribution in [0.2, 0.25) is 0 Å². The summed E-state index contributed by atoms with van der Waals surface area (Å²) in [5, 5.41) is 3.91. The van der Waals surface area contributed by atoms with E-state index in [4.69, 9.17) is 0 Å². The molecule has 1 N–H and O–H groups in total. The van der Waals surface area contributed by atoms with Gasteiger partial charge in [-0.1, -0.05) is 46.0 Å². The molecule has 1 aliphatic heterocycles. The van der Waals surface area contributed by atoms with Crippen LogP contribution < -0.4 is 5.32 Å². The summed E-state index contributed by atoms with van der Waals surface area (Å²) in [4.78, 5) is 2.89. The van der Waals surface area contributed by atoms with Gasteiger partial charge in [0, 0.05) is 31.2 Å². The van der Waals surface area contributed by atoms with Crippen molar-refractivity contribution in [2.75, 3.05) is 19.6 Å². The number of rotatable bonds is 2. The first-order valence-electron chi connectivity index (χ1n) is 9.19. The van der Waals surface area contributed by atoms with Gasteiger partial charge in [-0.3, -0.25) is 4.90 Å². The van der Waals surface area contributed by atoms with Crippen molar-refractivity contribution in [3.8, 4) is 0 Å². The first-order chi connectivity index (χ1) is 9.70. The van der Waals surface area contributed by atoms with Gasteiger partial charge in [0.2, 0.25) is 0 Å². The number of hydrogen-bond donors (Lipinski definition) is 1. The van der Waals surface area contributed by atoms with Crippen molar-refractivity contribution < 1.29 is 0 Å². The topological polar surface area (TPSA) is 15.3 Å². The van der Waals surface area contributed by atoms with Gasteiger partial charge in [0.15, 0.2) is 0 Å². The molecule has 20 heavy (non-hydrogen) atoms. The Kier molecular flexibility index (Phi) is 4.72. The van der Waals surface area contributed by atoms with Crippen molar-refractivity contribution in [2.24, 2.45) is 11.8 Å². The first-order valence-corrected chi connectivity index (χ1v) is 9.19. The molecule has 2 aliphatic carbocycles. The second-order valence-corrected chi connectivity index (χ2v) is 8.00. The van der Waals surface area contributed by atoms with Crippen molar-refractivity contribution in [2.45, 2.75) is 83.2 Å². The molecule has 0 aromatic carbocycles. The van der Waals surface area contributed by atoms with E-state index in [0.717, 1.165) is 17.9 Å². The molecule has 2 nitrogen and oxygen atoms in total. The van der Waals surface area contributed by atoms with Crippen LogP contribution in [0.3, 0.4) is 0 Å². The molecule has 116 valence electrons. The fourth-order valence-corrected chi connectivity index (χ4v) is 5.21. The van der Waals surface area contributed by atoms with E-state index in [-0.39, 0.29) is 0 Å². The van der Waals surface area contributed by atoms with Crippen LogP contribution in [-0.2, 0) is 0 Å². The van der Waals surface area contributed by atoms with Crippen molar-refractivity contribution in [3.63, 3.8) is 0 Å². The molecule has 3 rings (SSSR count). The number of piperazine rings is 1. The number of nitrogens with zero attached hydrogens (tertiary/aromatic N) is 1. The molecular weight excluding hydrogens is 244 g/mol. The van der Waals surface area contributed by atoms with Crippen molar-refractivity contribution >= 4 is 0 Å². The highest BCUT2D eigenvalue weighted by atomic mass is 15.2. The second-order valence-electron chi connectivity index (χ2n) is 8.00. The van der Waals surface area contributed by atoms with Gasteiger partial charge in [-0.25, -0.2) is 0 Å². The zero-order valence-corrected chi connectivity index (χ0v) is 13.7. The molecule has 0 bridgehead atoms. The quantitative estimate of drug-likeness (QED) is 0.826. The monoisotopic (exact) mass is 278 g/mol. The molecular formula is C18H34N2.